The smallest absolute Gasteiger partial charge is 0.116 e. The first-order valence-electron chi connectivity index (χ1n) is 8.02. The molecule has 0 aromatic rings. The van der Waals surface area contributed by atoms with Crippen LogP contribution in [0.1, 0.15) is 67.7 Å². The largest absolute Gasteiger partial charge is 0.369 e. The van der Waals surface area contributed by atoms with Gasteiger partial charge in [0.25, 0.3) is 0 Å². The Bertz CT molecular complexity index is 405. The highest BCUT2D eigenvalue weighted by Crippen LogP contribution is 2.68. The van der Waals surface area contributed by atoms with Crippen LogP contribution in [-0.4, -0.2) is 34.6 Å². The second-order valence-corrected chi connectivity index (χ2v) is 9.08. The lowest BCUT2D eigenvalue weighted by atomic mass is 9.90. The lowest BCUT2D eigenvalue weighted by Gasteiger charge is -2.40. The summed E-state index contributed by atoms with van der Waals surface area (Å²) in [7, 11) is 0. The highest BCUT2D eigenvalue weighted by atomic mass is 16.6. The molecule has 0 bridgehead atoms. The van der Waals surface area contributed by atoms with E-state index in [0.717, 1.165) is 19.3 Å². The van der Waals surface area contributed by atoms with Crippen molar-refractivity contribution in [1.82, 2.24) is 0 Å². The summed E-state index contributed by atoms with van der Waals surface area (Å²) in [4.78, 5) is 0. The van der Waals surface area contributed by atoms with Gasteiger partial charge in [0.1, 0.15) is 17.3 Å². The molecule has 116 valence electrons. The molecule has 2 aliphatic carbocycles. The molecule has 0 N–H and O–H groups in total. The van der Waals surface area contributed by atoms with Gasteiger partial charge < -0.3 is 14.2 Å². The van der Waals surface area contributed by atoms with E-state index in [1.807, 2.05) is 0 Å². The molecule has 3 fully saturated rings. The summed E-state index contributed by atoms with van der Waals surface area (Å²) in [6, 6.07) is 0. The zero-order valence-electron chi connectivity index (χ0n) is 14.1. The fourth-order valence-corrected chi connectivity index (χ4v) is 4.55. The SMILES string of the molecule is C[C@H]1C[C@@]2(OC(C)(C)C)CC3C[C@]3(OC(C)(C)C)[C@H]2O1. The maximum atomic E-state index is 6.52. The number of rotatable bonds is 2. The molecule has 5 atom stereocenters. The third-order valence-electron chi connectivity index (χ3n) is 4.62. The van der Waals surface area contributed by atoms with E-state index >= 15 is 0 Å². The van der Waals surface area contributed by atoms with Crippen molar-refractivity contribution in [2.24, 2.45) is 5.92 Å². The topological polar surface area (TPSA) is 27.7 Å². The van der Waals surface area contributed by atoms with Crippen molar-refractivity contribution in [3.05, 3.63) is 0 Å². The van der Waals surface area contributed by atoms with Gasteiger partial charge in [-0.1, -0.05) is 0 Å². The molecule has 3 nitrogen and oxygen atoms in total. The van der Waals surface area contributed by atoms with Gasteiger partial charge in [0.15, 0.2) is 0 Å². The Balaban J connectivity index is 1.87. The standard InChI is InChI=1S/C17H30O3/c1-11-8-16(19-14(2,3)4)9-12-10-17(12,13(16)18-11)20-15(5,6)7/h11-13H,8-10H2,1-7H3/t11-,12?,13-,16+,17+/m0/s1. The van der Waals surface area contributed by atoms with Crippen molar-refractivity contribution >= 4 is 0 Å². The molecule has 0 spiro atoms. The second kappa shape index (κ2) is 3.99. The molecule has 0 amide bonds. The van der Waals surface area contributed by atoms with Crippen LogP contribution in [0.4, 0.5) is 0 Å². The Labute approximate surface area is 123 Å². The minimum atomic E-state index is -0.134. The molecular formula is C17H30O3. The van der Waals surface area contributed by atoms with E-state index in [9.17, 15) is 0 Å². The Morgan fingerprint density at radius 1 is 0.900 bits per heavy atom. The van der Waals surface area contributed by atoms with Crippen LogP contribution in [0.3, 0.4) is 0 Å². The summed E-state index contributed by atoms with van der Waals surface area (Å²) < 4.78 is 19.3. The van der Waals surface area contributed by atoms with Crippen molar-refractivity contribution in [3.8, 4) is 0 Å². The van der Waals surface area contributed by atoms with Crippen molar-refractivity contribution in [2.75, 3.05) is 0 Å². The molecule has 3 rings (SSSR count). The zero-order valence-corrected chi connectivity index (χ0v) is 14.1. The van der Waals surface area contributed by atoms with Crippen LogP contribution in [0.2, 0.25) is 0 Å². The molecule has 20 heavy (non-hydrogen) atoms. The van der Waals surface area contributed by atoms with Crippen LogP contribution in [0.5, 0.6) is 0 Å². The fourth-order valence-electron chi connectivity index (χ4n) is 4.55. The monoisotopic (exact) mass is 282 g/mol. The van der Waals surface area contributed by atoms with Crippen LogP contribution >= 0.6 is 0 Å². The number of ether oxygens (including phenoxy) is 3. The summed E-state index contributed by atoms with van der Waals surface area (Å²) in [5, 5.41) is 0. The Morgan fingerprint density at radius 3 is 2.05 bits per heavy atom. The summed E-state index contributed by atoms with van der Waals surface area (Å²) in [5.74, 6) is 0.613. The van der Waals surface area contributed by atoms with E-state index < -0.39 is 0 Å². The maximum Gasteiger partial charge on any atom is 0.116 e. The number of hydrogen-bond acceptors (Lipinski definition) is 3. The van der Waals surface area contributed by atoms with Crippen LogP contribution in [0.15, 0.2) is 0 Å². The second-order valence-electron chi connectivity index (χ2n) is 9.08. The zero-order chi connectivity index (χ0) is 15.0. The fraction of sp³-hybridized carbons (Fsp3) is 1.00. The van der Waals surface area contributed by atoms with Gasteiger partial charge in [-0.2, -0.15) is 0 Å². The summed E-state index contributed by atoms with van der Waals surface area (Å²) in [6.45, 7) is 15.0. The first kappa shape index (κ1) is 14.8. The molecule has 0 radical (unpaired) electrons. The number of hydrogen-bond donors (Lipinski definition) is 0. The lowest BCUT2D eigenvalue weighted by molar-refractivity contribution is -0.196. The van der Waals surface area contributed by atoms with Crippen LogP contribution < -0.4 is 0 Å². The van der Waals surface area contributed by atoms with E-state index in [0.29, 0.717) is 5.92 Å². The molecule has 1 aliphatic heterocycles. The van der Waals surface area contributed by atoms with E-state index in [1.165, 1.54) is 0 Å². The van der Waals surface area contributed by atoms with Gasteiger partial charge in [-0.15, -0.1) is 0 Å². The molecule has 3 aliphatic rings. The number of fused-ring (bicyclic) bond motifs is 3. The van der Waals surface area contributed by atoms with Gasteiger partial charge in [0.2, 0.25) is 0 Å². The van der Waals surface area contributed by atoms with Gasteiger partial charge in [-0.3, -0.25) is 0 Å². The molecule has 3 heteroatoms. The van der Waals surface area contributed by atoms with Gasteiger partial charge in [-0.25, -0.2) is 0 Å². The van der Waals surface area contributed by atoms with Crippen molar-refractivity contribution in [1.29, 1.82) is 0 Å². The molecule has 1 unspecified atom stereocenters. The third-order valence-corrected chi connectivity index (χ3v) is 4.62. The lowest BCUT2D eigenvalue weighted by Crippen LogP contribution is -2.50. The van der Waals surface area contributed by atoms with Gasteiger partial charge in [0.05, 0.1) is 17.3 Å². The minimum Gasteiger partial charge on any atom is -0.369 e. The van der Waals surface area contributed by atoms with Gasteiger partial charge in [0, 0.05) is 6.42 Å². The Morgan fingerprint density at radius 2 is 1.50 bits per heavy atom. The van der Waals surface area contributed by atoms with Crippen LogP contribution in [0, 0.1) is 5.92 Å². The average Bonchev–Trinajstić information content (AvgIpc) is 2.60. The third kappa shape index (κ3) is 2.32. The first-order chi connectivity index (χ1) is 8.96. The predicted molar refractivity (Wildman–Crippen MR) is 78.8 cm³/mol. The average molecular weight is 282 g/mol. The quantitative estimate of drug-likeness (QED) is 0.773. The summed E-state index contributed by atoms with van der Waals surface area (Å²) in [5.41, 5.74) is -0.479. The van der Waals surface area contributed by atoms with Crippen molar-refractivity contribution in [2.45, 2.75) is 102 Å². The molecule has 0 aromatic heterocycles. The van der Waals surface area contributed by atoms with E-state index in [-0.39, 0.29) is 34.6 Å². The van der Waals surface area contributed by atoms with Crippen molar-refractivity contribution < 1.29 is 14.2 Å². The highest BCUT2D eigenvalue weighted by molar-refractivity contribution is 5.27. The normalized spacial score (nSPS) is 47.2. The van der Waals surface area contributed by atoms with Gasteiger partial charge >= 0.3 is 0 Å². The molecule has 2 saturated carbocycles. The summed E-state index contributed by atoms with van der Waals surface area (Å²) in [6.07, 6.45) is 3.60. The van der Waals surface area contributed by atoms with E-state index in [4.69, 9.17) is 14.2 Å². The van der Waals surface area contributed by atoms with Gasteiger partial charge in [-0.05, 0) is 67.2 Å². The van der Waals surface area contributed by atoms with Crippen LogP contribution in [-0.2, 0) is 14.2 Å². The Hall–Kier alpha value is -0.120. The molecule has 1 saturated heterocycles. The Kier molecular flexibility index (Phi) is 2.96. The molecule has 1 heterocycles. The predicted octanol–water partition coefficient (Wildman–Crippen LogP) is 3.70. The van der Waals surface area contributed by atoms with E-state index in [1.54, 1.807) is 0 Å². The highest BCUT2D eigenvalue weighted by Gasteiger charge is 2.77. The van der Waals surface area contributed by atoms with Crippen LogP contribution in [0.25, 0.3) is 0 Å². The summed E-state index contributed by atoms with van der Waals surface area (Å²) >= 11 is 0. The minimum absolute atomic E-state index is 0.0890. The van der Waals surface area contributed by atoms with Crippen molar-refractivity contribution in [3.63, 3.8) is 0 Å². The van der Waals surface area contributed by atoms with E-state index in [2.05, 4.69) is 48.5 Å². The first-order valence-corrected chi connectivity index (χ1v) is 8.02. The molecular weight excluding hydrogens is 252 g/mol. The molecule has 0 aromatic carbocycles. The maximum absolute atomic E-state index is 6.52.